The lowest BCUT2D eigenvalue weighted by Crippen LogP contribution is -2.11. The van der Waals surface area contributed by atoms with Crippen molar-refractivity contribution in [2.24, 2.45) is 0 Å². The molecule has 1 rings (SSSR count). The van der Waals surface area contributed by atoms with Gasteiger partial charge in [-0.3, -0.25) is 10.1 Å². The Morgan fingerprint density at radius 3 is 2.47 bits per heavy atom. The van der Waals surface area contributed by atoms with Gasteiger partial charge in [0.05, 0.1) is 21.6 Å². The molecule has 0 unspecified atom stereocenters. The molecule has 0 aliphatic carbocycles. The van der Waals surface area contributed by atoms with Crippen LogP contribution in [0.3, 0.4) is 0 Å². The minimum absolute atomic E-state index is 0.147. The summed E-state index contributed by atoms with van der Waals surface area (Å²) in [5.41, 5.74) is -0.150. The van der Waals surface area contributed by atoms with E-state index < -0.39 is 4.92 Å². The van der Waals surface area contributed by atoms with E-state index in [1.54, 1.807) is 0 Å². The molecule has 0 aliphatic rings. The highest BCUT2D eigenvalue weighted by atomic mass is 35.5. The number of hydrogen-bond donors (Lipinski definition) is 1. The molecule has 0 saturated heterocycles. The monoisotopic (exact) mass is 278 g/mol. The van der Waals surface area contributed by atoms with E-state index in [4.69, 9.17) is 27.9 Å². The number of benzene rings is 1. The molecule has 0 aliphatic heterocycles. The number of rotatable bonds is 6. The highest BCUT2D eigenvalue weighted by molar-refractivity contribution is 6.37. The molecule has 1 aromatic rings. The molecule has 0 heterocycles. The van der Waals surface area contributed by atoms with Crippen LogP contribution in [0.1, 0.15) is 6.42 Å². The first-order valence-corrected chi connectivity index (χ1v) is 5.72. The Hall–Kier alpha value is -1.04. The highest BCUT2D eigenvalue weighted by Crippen LogP contribution is 2.36. The molecule has 0 atom stereocenters. The lowest BCUT2D eigenvalue weighted by Gasteiger charge is -2.09. The Kier molecular flexibility index (Phi) is 5.47. The predicted molar refractivity (Wildman–Crippen MR) is 67.2 cm³/mol. The molecule has 7 heteroatoms. The second-order valence-electron chi connectivity index (χ2n) is 3.30. The minimum Gasteiger partial charge on any atom is -0.490 e. The Labute approximate surface area is 109 Å². The Bertz CT molecular complexity index is 390. The maximum atomic E-state index is 10.6. The van der Waals surface area contributed by atoms with Gasteiger partial charge in [0.25, 0.3) is 5.69 Å². The lowest BCUT2D eigenvalue weighted by molar-refractivity contribution is -0.384. The Morgan fingerprint density at radius 2 is 2.00 bits per heavy atom. The topological polar surface area (TPSA) is 64.4 Å². The number of nitro groups is 1. The van der Waals surface area contributed by atoms with Crippen molar-refractivity contribution in [2.75, 3.05) is 20.2 Å². The average molecular weight is 279 g/mol. The summed E-state index contributed by atoms with van der Waals surface area (Å²) in [4.78, 5) is 10.0. The molecule has 0 aromatic heterocycles. The standard InChI is InChI=1S/C10H12Cl2N2O3/c1-13-3-2-4-17-10-8(11)5-7(14(15)16)6-9(10)12/h5-6,13H,2-4H2,1H3. The number of non-ortho nitro benzene ring substituents is 1. The summed E-state index contributed by atoms with van der Waals surface area (Å²) in [6.45, 7) is 1.25. The van der Waals surface area contributed by atoms with E-state index in [0.29, 0.717) is 6.61 Å². The van der Waals surface area contributed by atoms with Crippen LogP contribution in [-0.4, -0.2) is 25.1 Å². The van der Waals surface area contributed by atoms with E-state index in [0.717, 1.165) is 13.0 Å². The van der Waals surface area contributed by atoms with Gasteiger partial charge in [-0.2, -0.15) is 0 Å². The molecule has 0 fully saturated rings. The molecular formula is C10H12Cl2N2O3. The third-order valence-electron chi connectivity index (χ3n) is 2.01. The predicted octanol–water partition coefficient (Wildman–Crippen LogP) is 2.89. The summed E-state index contributed by atoms with van der Waals surface area (Å²) in [7, 11) is 1.84. The summed E-state index contributed by atoms with van der Waals surface area (Å²) in [5, 5.41) is 13.8. The number of hydrogen-bond acceptors (Lipinski definition) is 4. The first-order chi connectivity index (χ1) is 8.06. The molecule has 5 nitrogen and oxygen atoms in total. The lowest BCUT2D eigenvalue weighted by atomic mass is 10.3. The van der Waals surface area contributed by atoms with Crippen LogP contribution in [-0.2, 0) is 0 Å². The summed E-state index contributed by atoms with van der Waals surface area (Å²) >= 11 is 11.7. The molecule has 1 N–H and O–H groups in total. The van der Waals surface area contributed by atoms with Gasteiger partial charge in [0, 0.05) is 12.1 Å². The second kappa shape index (κ2) is 6.64. The van der Waals surface area contributed by atoms with E-state index in [1.165, 1.54) is 12.1 Å². The number of nitrogens with zero attached hydrogens (tertiary/aromatic N) is 1. The number of nitrogens with one attached hydrogen (secondary N) is 1. The molecule has 0 saturated carbocycles. The van der Waals surface area contributed by atoms with Gasteiger partial charge < -0.3 is 10.1 Å². The first-order valence-electron chi connectivity index (χ1n) is 4.97. The molecular weight excluding hydrogens is 267 g/mol. The zero-order valence-electron chi connectivity index (χ0n) is 9.20. The molecule has 0 radical (unpaired) electrons. The number of halogens is 2. The van der Waals surface area contributed by atoms with Crippen LogP contribution >= 0.6 is 23.2 Å². The number of nitro benzene ring substituents is 1. The van der Waals surface area contributed by atoms with Gasteiger partial charge in [0.1, 0.15) is 0 Å². The molecule has 94 valence electrons. The van der Waals surface area contributed by atoms with Crippen LogP contribution in [0, 0.1) is 10.1 Å². The van der Waals surface area contributed by atoms with Gasteiger partial charge in [-0.1, -0.05) is 23.2 Å². The van der Waals surface area contributed by atoms with E-state index in [9.17, 15) is 10.1 Å². The minimum atomic E-state index is -0.553. The van der Waals surface area contributed by atoms with Crippen LogP contribution < -0.4 is 10.1 Å². The van der Waals surface area contributed by atoms with Gasteiger partial charge >= 0.3 is 0 Å². The average Bonchev–Trinajstić information content (AvgIpc) is 2.26. The number of ether oxygens (including phenoxy) is 1. The van der Waals surface area contributed by atoms with E-state index in [-0.39, 0.29) is 21.5 Å². The largest absolute Gasteiger partial charge is 0.490 e. The maximum absolute atomic E-state index is 10.6. The van der Waals surface area contributed by atoms with Crippen LogP contribution in [0.5, 0.6) is 5.75 Å². The van der Waals surface area contributed by atoms with Crippen molar-refractivity contribution in [1.82, 2.24) is 5.32 Å². The van der Waals surface area contributed by atoms with Crippen molar-refractivity contribution in [3.63, 3.8) is 0 Å². The van der Waals surface area contributed by atoms with E-state index in [1.807, 2.05) is 7.05 Å². The maximum Gasteiger partial charge on any atom is 0.272 e. The van der Waals surface area contributed by atoms with Crippen LogP contribution in [0.15, 0.2) is 12.1 Å². The van der Waals surface area contributed by atoms with Gasteiger partial charge in [-0.15, -0.1) is 0 Å². The van der Waals surface area contributed by atoms with E-state index in [2.05, 4.69) is 5.32 Å². The van der Waals surface area contributed by atoms with Crippen molar-refractivity contribution < 1.29 is 9.66 Å². The smallest absolute Gasteiger partial charge is 0.272 e. The van der Waals surface area contributed by atoms with Crippen molar-refractivity contribution >= 4 is 28.9 Å². The third-order valence-corrected chi connectivity index (χ3v) is 2.57. The van der Waals surface area contributed by atoms with Crippen LogP contribution in [0.4, 0.5) is 5.69 Å². The first kappa shape index (κ1) is 14.0. The van der Waals surface area contributed by atoms with Crippen molar-refractivity contribution in [3.8, 4) is 5.75 Å². The Balaban J connectivity index is 2.76. The van der Waals surface area contributed by atoms with Crippen molar-refractivity contribution in [2.45, 2.75) is 6.42 Å². The third kappa shape index (κ3) is 4.03. The van der Waals surface area contributed by atoms with Gasteiger partial charge in [-0.25, -0.2) is 0 Å². The summed E-state index contributed by atoms with van der Waals surface area (Å²) in [5.74, 6) is 0.287. The molecule has 17 heavy (non-hydrogen) atoms. The zero-order valence-corrected chi connectivity index (χ0v) is 10.7. The Morgan fingerprint density at radius 1 is 1.41 bits per heavy atom. The summed E-state index contributed by atoms with van der Waals surface area (Å²) in [6, 6.07) is 2.45. The van der Waals surface area contributed by atoms with Crippen LogP contribution in [0.25, 0.3) is 0 Å². The van der Waals surface area contributed by atoms with Crippen molar-refractivity contribution in [1.29, 1.82) is 0 Å². The van der Waals surface area contributed by atoms with Crippen LogP contribution in [0.2, 0.25) is 10.0 Å². The zero-order chi connectivity index (χ0) is 12.8. The molecule has 0 amide bonds. The normalized spacial score (nSPS) is 10.3. The molecule has 1 aromatic carbocycles. The fraction of sp³-hybridized carbons (Fsp3) is 0.400. The fourth-order valence-corrected chi connectivity index (χ4v) is 1.80. The van der Waals surface area contributed by atoms with E-state index >= 15 is 0 Å². The fourth-order valence-electron chi connectivity index (χ4n) is 1.21. The van der Waals surface area contributed by atoms with Gasteiger partial charge in [0.15, 0.2) is 5.75 Å². The second-order valence-corrected chi connectivity index (χ2v) is 4.12. The quantitative estimate of drug-likeness (QED) is 0.494. The van der Waals surface area contributed by atoms with Crippen molar-refractivity contribution in [3.05, 3.63) is 32.3 Å². The van der Waals surface area contributed by atoms with Gasteiger partial charge in [-0.05, 0) is 20.0 Å². The van der Waals surface area contributed by atoms with Gasteiger partial charge in [0.2, 0.25) is 0 Å². The molecule has 0 spiro atoms. The molecule has 0 bridgehead atoms. The summed E-state index contributed by atoms with van der Waals surface area (Å²) < 4.78 is 5.38. The summed E-state index contributed by atoms with van der Waals surface area (Å²) in [6.07, 6.45) is 0.792. The highest BCUT2D eigenvalue weighted by Gasteiger charge is 2.15. The SMILES string of the molecule is CNCCCOc1c(Cl)cc([N+](=O)[O-])cc1Cl.